The molecule has 0 bridgehead atoms. The molecule has 5 nitrogen and oxygen atoms in total. The van der Waals surface area contributed by atoms with Gasteiger partial charge in [0.25, 0.3) is 11.8 Å². The zero-order valence-electron chi connectivity index (χ0n) is 17.7. The standard InChI is InChI=1S/C24H26ClFN2O3/c1-3-4-14-31-15-6-13-28-23(29)21(17-9-11-18(26)12-10-17)22(24(28)30)27-20-8-5-7-19(25)16(20)2/h5,7-12,27H,3-4,6,13-15H2,1-2H3. The molecule has 1 aliphatic rings. The van der Waals surface area contributed by atoms with Crippen molar-refractivity contribution in [2.24, 2.45) is 0 Å². The Morgan fingerprint density at radius 3 is 2.45 bits per heavy atom. The Morgan fingerprint density at radius 2 is 1.74 bits per heavy atom. The number of halogens is 2. The minimum Gasteiger partial charge on any atom is -0.381 e. The first kappa shape index (κ1) is 23.0. The molecular formula is C24H26ClFN2O3. The molecule has 0 spiro atoms. The van der Waals surface area contributed by atoms with Crippen molar-refractivity contribution < 1.29 is 18.7 Å². The molecule has 0 aromatic heterocycles. The van der Waals surface area contributed by atoms with Crippen molar-refractivity contribution in [2.45, 2.75) is 33.1 Å². The van der Waals surface area contributed by atoms with Crippen LogP contribution in [0, 0.1) is 12.7 Å². The van der Waals surface area contributed by atoms with Crippen molar-refractivity contribution >= 4 is 34.7 Å². The third kappa shape index (κ3) is 5.32. The lowest BCUT2D eigenvalue weighted by Gasteiger charge is -2.16. The highest BCUT2D eigenvalue weighted by atomic mass is 35.5. The number of hydrogen-bond acceptors (Lipinski definition) is 4. The number of carbonyl (C=O) groups excluding carboxylic acids is 2. The quantitative estimate of drug-likeness (QED) is 0.405. The number of hydrogen-bond donors (Lipinski definition) is 1. The van der Waals surface area contributed by atoms with E-state index in [9.17, 15) is 14.0 Å². The van der Waals surface area contributed by atoms with Crippen LogP contribution in [0.25, 0.3) is 5.57 Å². The van der Waals surface area contributed by atoms with E-state index in [1.807, 2.05) is 6.92 Å². The van der Waals surface area contributed by atoms with Crippen LogP contribution in [-0.4, -0.2) is 36.5 Å². The van der Waals surface area contributed by atoms with Crippen LogP contribution in [-0.2, 0) is 14.3 Å². The van der Waals surface area contributed by atoms with Gasteiger partial charge < -0.3 is 10.1 Å². The molecule has 164 valence electrons. The molecule has 1 N–H and O–H groups in total. The lowest BCUT2D eigenvalue weighted by Crippen LogP contribution is -2.34. The number of unbranched alkanes of at least 4 members (excludes halogenated alkanes) is 1. The van der Waals surface area contributed by atoms with Gasteiger partial charge in [-0.25, -0.2) is 4.39 Å². The van der Waals surface area contributed by atoms with Crippen molar-refractivity contribution in [3.8, 4) is 0 Å². The summed E-state index contributed by atoms with van der Waals surface area (Å²) in [5.41, 5.74) is 2.25. The van der Waals surface area contributed by atoms with Gasteiger partial charge in [0.05, 0.1) is 5.57 Å². The molecule has 0 unspecified atom stereocenters. The van der Waals surface area contributed by atoms with E-state index < -0.39 is 17.6 Å². The molecule has 1 aliphatic heterocycles. The number of nitrogens with one attached hydrogen (secondary N) is 1. The first-order valence-corrected chi connectivity index (χ1v) is 10.8. The van der Waals surface area contributed by atoms with Crippen molar-refractivity contribution in [1.29, 1.82) is 0 Å². The maximum Gasteiger partial charge on any atom is 0.278 e. The Hall–Kier alpha value is -2.70. The van der Waals surface area contributed by atoms with Crippen molar-refractivity contribution in [3.05, 3.63) is 70.1 Å². The van der Waals surface area contributed by atoms with Crippen molar-refractivity contribution in [1.82, 2.24) is 4.90 Å². The predicted molar refractivity (Wildman–Crippen MR) is 120 cm³/mol. The molecule has 1 heterocycles. The van der Waals surface area contributed by atoms with E-state index in [2.05, 4.69) is 12.2 Å². The number of rotatable bonds is 10. The van der Waals surface area contributed by atoms with E-state index in [1.165, 1.54) is 29.2 Å². The summed E-state index contributed by atoms with van der Waals surface area (Å²) in [7, 11) is 0. The topological polar surface area (TPSA) is 58.6 Å². The van der Waals surface area contributed by atoms with Gasteiger partial charge in [-0.1, -0.05) is 43.1 Å². The number of carbonyl (C=O) groups is 2. The third-order valence-electron chi connectivity index (χ3n) is 5.14. The fraction of sp³-hybridized carbons (Fsp3) is 0.333. The van der Waals surface area contributed by atoms with Gasteiger partial charge in [0.1, 0.15) is 11.5 Å². The van der Waals surface area contributed by atoms with Crippen LogP contribution in [0.3, 0.4) is 0 Å². The summed E-state index contributed by atoms with van der Waals surface area (Å²) in [4.78, 5) is 27.5. The van der Waals surface area contributed by atoms with Crippen LogP contribution >= 0.6 is 11.6 Å². The van der Waals surface area contributed by atoms with Gasteiger partial charge in [0, 0.05) is 30.5 Å². The minimum atomic E-state index is -0.419. The van der Waals surface area contributed by atoms with Gasteiger partial charge in [0.15, 0.2) is 0 Å². The van der Waals surface area contributed by atoms with E-state index in [4.69, 9.17) is 16.3 Å². The fourth-order valence-electron chi connectivity index (χ4n) is 3.33. The van der Waals surface area contributed by atoms with Crippen LogP contribution in [0.1, 0.15) is 37.3 Å². The minimum absolute atomic E-state index is 0.161. The van der Waals surface area contributed by atoms with Gasteiger partial charge in [-0.2, -0.15) is 0 Å². The average molecular weight is 445 g/mol. The lowest BCUT2D eigenvalue weighted by atomic mass is 10.0. The second kappa shape index (κ2) is 10.6. The molecule has 7 heteroatoms. The van der Waals surface area contributed by atoms with Crippen molar-refractivity contribution in [3.63, 3.8) is 0 Å². The Morgan fingerprint density at radius 1 is 1.03 bits per heavy atom. The maximum atomic E-state index is 13.4. The average Bonchev–Trinajstić information content (AvgIpc) is 2.98. The summed E-state index contributed by atoms with van der Waals surface area (Å²) in [6.07, 6.45) is 2.57. The van der Waals surface area contributed by atoms with E-state index in [1.54, 1.807) is 18.2 Å². The third-order valence-corrected chi connectivity index (χ3v) is 5.55. The largest absolute Gasteiger partial charge is 0.381 e. The molecule has 0 aliphatic carbocycles. The number of nitrogens with zero attached hydrogens (tertiary/aromatic N) is 1. The van der Waals surface area contributed by atoms with E-state index in [0.717, 1.165) is 18.4 Å². The van der Waals surface area contributed by atoms with E-state index in [0.29, 0.717) is 35.9 Å². The van der Waals surface area contributed by atoms with E-state index >= 15 is 0 Å². The number of amides is 2. The summed E-state index contributed by atoms with van der Waals surface area (Å²) >= 11 is 6.21. The Bertz CT molecular complexity index is 989. The molecule has 0 saturated heterocycles. The fourth-order valence-corrected chi connectivity index (χ4v) is 3.50. The molecule has 0 radical (unpaired) electrons. The number of imide groups is 1. The van der Waals surface area contributed by atoms with Gasteiger partial charge in [-0.3, -0.25) is 14.5 Å². The second-order valence-electron chi connectivity index (χ2n) is 7.38. The molecule has 2 aromatic rings. The lowest BCUT2D eigenvalue weighted by molar-refractivity contribution is -0.137. The van der Waals surface area contributed by atoms with Crippen LogP contribution in [0.4, 0.5) is 10.1 Å². The second-order valence-corrected chi connectivity index (χ2v) is 7.78. The highest BCUT2D eigenvalue weighted by molar-refractivity contribution is 6.36. The van der Waals surface area contributed by atoms with Gasteiger partial charge >= 0.3 is 0 Å². The SMILES string of the molecule is CCCCOCCCN1C(=O)C(Nc2cccc(Cl)c2C)=C(c2ccc(F)cc2)C1=O. The molecule has 2 aromatic carbocycles. The Kier molecular flexibility index (Phi) is 7.82. The highest BCUT2D eigenvalue weighted by Gasteiger charge is 2.39. The highest BCUT2D eigenvalue weighted by Crippen LogP contribution is 2.32. The first-order valence-electron chi connectivity index (χ1n) is 10.4. The summed E-state index contributed by atoms with van der Waals surface area (Å²) in [5.74, 6) is -1.24. The monoisotopic (exact) mass is 444 g/mol. The van der Waals surface area contributed by atoms with E-state index in [-0.39, 0.29) is 17.8 Å². The summed E-state index contributed by atoms with van der Waals surface area (Å²) < 4.78 is 19.0. The molecule has 3 rings (SSSR count). The molecule has 2 amide bonds. The normalized spacial score (nSPS) is 14.0. The smallest absolute Gasteiger partial charge is 0.278 e. The maximum absolute atomic E-state index is 13.4. The van der Waals surface area contributed by atoms with Crippen LogP contribution < -0.4 is 5.32 Å². The van der Waals surface area contributed by atoms with Crippen molar-refractivity contribution in [2.75, 3.05) is 25.1 Å². The molecule has 0 atom stereocenters. The molecule has 31 heavy (non-hydrogen) atoms. The molecule has 0 fully saturated rings. The zero-order valence-corrected chi connectivity index (χ0v) is 18.5. The number of benzene rings is 2. The van der Waals surface area contributed by atoms with Crippen LogP contribution in [0.15, 0.2) is 48.2 Å². The van der Waals surface area contributed by atoms with Crippen LogP contribution in [0.5, 0.6) is 0 Å². The predicted octanol–water partition coefficient (Wildman–Crippen LogP) is 5.19. The molecular weight excluding hydrogens is 419 g/mol. The summed E-state index contributed by atoms with van der Waals surface area (Å²) in [6, 6.07) is 10.9. The van der Waals surface area contributed by atoms with Gasteiger partial charge in [0.2, 0.25) is 0 Å². The van der Waals surface area contributed by atoms with Gasteiger partial charge in [-0.15, -0.1) is 0 Å². The van der Waals surface area contributed by atoms with Crippen LogP contribution in [0.2, 0.25) is 5.02 Å². The number of ether oxygens (including phenoxy) is 1. The zero-order chi connectivity index (χ0) is 22.4. The summed E-state index contributed by atoms with van der Waals surface area (Å²) in [5, 5.41) is 3.65. The molecule has 0 saturated carbocycles. The first-order chi connectivity index (χ1) is 14.9. The summed E-state index contributed by atoms with van der Waals surface area (Å²) in [6.45, 7) is 5.30. The Labute approximate surface area is 186 Å². The van der Waals surface area contributed by atoms with Gasteiger partial charge in [-0.05, 0) is 55.2 Å². The Balaban J connectivity index is 1.86. The number of anilines is 1.